The Kier molecular flexibility index (Phi) is 2.48. The lowest BCUT2D eigenvalue weighted by atomic mass is 10.1. The maximum absolute atomic E-state index is 11.5. The van der Waals surface area contributed by atoms with E-state index in [1.54, 1.807) is 6.92 Å². The first-order chi connectivity index (χ1) is 7.15. The summed E-state index contributed by atoms with van der Waals surface area (Å²) in [6.45, 7) is 4.02. The van der Waals surface area contributed by atoms with Crippen molar-refractivity contribution in [2.45, 2.75) is 26.4 Å². The highest BCUT2D eigenvalue weighted by Gasteiger charge is 2.34. The highest BCUT2D eigenvalue weighted by Crippen LogP contribution is 2.35. The minimum absolute atomic E-state index is 0.127. The minimum atomic E-state index is -0.546. The summed E-state index contributed by atoms with van der Waals surface area (Å²) in [4.78, 5) is 11.5. The predicted octanol–water partition coefficient (Wildman–Crippen LogP) is 0.812. The number of nitrogens with one attached hydrogen (secondary N) is 1. The Hall–Kier alpha value is -1.36. The molecule has 0 saturated heterocycles. The molecule has 2 atom stereocenters. The molecule has 1 aromatic heterocycles. The van der Waals surface area contributed by atoms with Gasteiger partial charge in [-0.2, -0.15) is 5.10 Å². The molecule has 2 unspecified atom stereocenters. The van der Waals surface area contributed by atoms with Gasteiger partial charge in [0.25, 0.3) is 0 Å². The summed E-state index contributed by atoms with van der Waals surface area (Å²) >= 11 is 0. The van der Waals surface area contributed by atoms with Crippen LogP contribution in [0.15, 0.2) is 0 Å². The molecule has 1 aromatic rings. The number of hydrogen-bond donors (Lipinski definition) is 2. The highest BCUT2D eigenvalue weighted by atomic mass is 16.5. The molecule has 5 heteroatoms. The highest BCUT2D eigenvalue weighted by molar-refractivity contribution is 5.89. The molecular weight excluding hydrogens is 196 g/mol. The van der Waals surface area contributed by atoms with Crippen molar-refractivity contribution >= 4 is 5.97 Å². The van der Waals surface area contributed by atoms with Crippen LogP contribution < -0.4 is 0 Å². The second-order valence-electron chi connectivity index (χ2n) is 3.81. The van der Waals surface area contributed by atoms with Crippen molar-refractivity contribution in [3.8, 4) is 0 Å². The van der Waals surface area contributed by atoms with Crippen LogP contribution in [-0.2, 0) is 11.2 Å². The van der Waals surface area contributed by atoms with Gasteiger partial charge in [-0.25, -0.2) is 4.79 Å². The van der Waals surface area contributed by atoms with Crippen molar-refractivity contribution in [3.63, 3.8) is 0 Å². The summed E-state index contributed by atoms with van der Waals surface area (Å²) in [7, 11) is 0. The molecule has 0 spiro atoms. The van der Waals surface area contributed by atoms with Crippen molar-refractivity contribution < 1.29 is 14.6 Å². The SMILES string of the molecule is CCOC(=O)c1n[nH]c2c1CC(C)C2O. The summed E-state index contributed by atoms with van der Waals surface area (Å²) in [6, 6.07) is 0. The smallest absolute Gasteiger partial charge is 0.359 e. The lowest BCUT2D eigenvalue weighted by molar-refractivity contribution is 0.0517. The number of nitrogens with zero attached hydrogens (tertiary/aromatic N) is 1. The third-order valence-corrected chi connectivity index (χ3v) is 2.73. The molecule has 1 aliphatic carbocycles. The lowest BCUT2D eigenvalue weighted by Crippen LogP contribution is -2.09. The van der Waals surface area contributed by atoms with E-state index in [0.29, 0.717) is 24.4 Å². The zero-order chi connectivity index (χ0) is 11.0. The monoisotopic (exact) mass is 210 g/mol. The first-order valence-electron chi connectivity index (χ1n) is 5.07. The third kappa shape index (κ3) is 1.52. The van der Waals surface area contributed by atoms with Crippen LogP contribution >= 0.6 is 0 Å². The van der Waals surface area contributed by atoms with Gasteiger partial charge in [-0.3, -0.25) is 5.10 Å². The van der Waals surface area contributed by atoms with Crippen LogP contribution in [0.4, 0.5) is 0 Å². The van der Waals surface area contributed by atoms with Crippen molar-refractivity contribution in [1.29, 1.82) is 0 Å². The molecule has 0 radical (unpaired) electrons. The number of rotatable bonds is 2. The fourth-order valence-electron chi connectivity index (χ4n) is 1.92. The maximum Gasteiger partial charge on any atom is 0.359 e. The van der Waals surface area contributed by atoms with E-state index < -0.39 is 12.1 Å². The quantitative estimate of drug-likeness (QED) is 0.708. The summed E-state index contributed by atoms with van der Waals surface area (Å²) in [5, 5.41) is 16.3. The van der Waals surface area contributed by atoms with Gasteiger partial charge < -0.3 is 9.84 Å². The zero-order valence-electron chi connectivity index (χ0n) is 8.78. The molecule has 0 saturated carbocycles. The molecule has 0 fully saturated rings. The normalized spacial score (nSPS) is 23.9. The van der Waals surface area contributed by atoms with Gasteiger partial charge in [0, 0.05) is 5.56 Å². The minimum Gasteiger partial charge on any atom is -0.461 e. The van der Waals surface area contributed by atoms with E-state index in [1.807, 2.05) is 6.92 Å². The fraction of sp³-hybridized carbons (Fsp3) is 0.600. The van der Waals surface area contributed by atoms with Crippen molar-refractivity contribution in [2.24, 2.45) is 5.92 Å². The molecule has 0 bridgehead atoms. The van der Waals surface area contributed by atoms with E-state index in [-0.39, 0.29) is 5.92 Å². The number of H-pyrrole nitrogens is 1. The van der Waals surface area contributed by atoms with Gasteiger partial charge in [0.15, 0.2) is 5.69 Å². The van der Waals surface area contributed by atoms with Gasteiger partial charge in [0.2, 0.25) is 0 Å². The van der Waals surface area contributed by atoms with Gasteiger partial charge in [0.05, 0.1) is 18.4 Å². The Morgan fingerprint density at radius 2 is 2.47 bits per heavy atom. The number of aliphatic hydroxyl groups is 1. The van der Waals surface area contributed by atoms with E-state index in [4.69, 9.17) is 4.74 Å². The second kappa shape index (κ2) is 3.66. The van der Waals surface area contributed by atoms with Crippen LogP contribution in [0.2, 0.25) is 0 Å². The van der Waals surface area contributed by atoms with Crippen LogP contribution in [0.1, 0.15) is 41.7 Å². The largest absolute Gasteiger partial charge is 0.461 e. The average Bonchev–Trinajstić information content (AvgIpc) is 2.70. The van der Waals surface area contributed by atoms with Crippen LogP contribution in [0.25, 0.3) is 0 Å². The molecule has 82 valence electrons. The molecule has 0 amide bonds. The standard InChI is InChI=1S/C10H14N2O3/c1-3-15-10(14)8-6-4-5(2)9(13)7(6)11-12-8/h5,9,13H,3-4H2,1-2H3,(H,11,12). The predicted molar refractivity (Wildman–Crippen MR) is 52.4 cm³/mol. The fourth-order valence-corrected chi connectivity index (χ4v) is 1.92. The van der Waals surface area contributed by atoms with Crippen molar-refractivity contribution in [3.05, 3.63) is 17.0 Å². The number of carbonyl (C=O) groups is 1. The molecule has 1 aliphatic rings. The van der Waals surface area contributed by atoms with E-state index in [9.17, 15) is 9.90 Å². The Morgan fingerprint density at radius 1 is 1.73 bits per heavy atom. The van der Waals surface area contributed by atoms with Crippen LogP contribution in [0.3, 0.4) is 0 Å². The van der Waals surface area contributed by atoms with Crippen molar-refractivity contribution in [1.82, 2.24) is 10.2 Å². The molecule has 1 heterocycles. The average molecular weight is 210 g/mol. The molecular formula is C10H14N2O3. The molecule has 2 rings (SSSR count). The molecule has 0 aliphatic heterocycles. The number of aromatic nitrogens is 2. The summed E-state index contributed by atoms with van der Waals surface area (Å²) < 4.78 is 4.88. The van der Waals surface area contributed by atoms with E-state index in [0.717, 1.165) is 5.56 Å². The number of aromatic amines is 1. The molecule has 2 N–H and O–H groups in total. The Morgan fingerprint density at radius 3 is 3.13 bits per heavy atom. The Balaban J connectivity index is 2.30. The lowest BCUT2D eigenvalue weighted by Gasteiger charge is -2.06. The van der Waals surface area contributed by atoms with Gasteiger partial charge in [-0.15, -0.1) is 0 Å². The number of hydrogen-bond acceptors (Lipinski definition) is 4. The van der Waals surface area contributed by atoms with Gasteiger partial charge in [-0.05, 0) is 19.3 Å². The Labute approximate surface area is 87.4 Å². The van der Waals surface area contributed by atoms with Gasteiger partial charge in [0.1, 0.15) is 0 Å². The first kappa shape index (κ1) is 10.2. The number of esters is 1. The zero-order valence-corrected chi connectivity index (χ0v) is 8.78. The number of ether oxygens (including phenoxy) is 1. The number of fused-ring (bicyclic) bond motifs is 1. The molecule has 0 aromatic carbocycles. The van der Waals surface area contributed by atoms with Crippen molar-refractivity contribution in [2.75, 3.05) is 6.61 Å². The van der Waals surface area contributed by atoms with Gasteiger partial charge >= 0.3 is 5.97 Å². The summed E-state index contributed by atoms with van der Waals surface area (Å²) in [5.41, 5.74) is 1.77. The molecule has 5 nitrogen and oxygen atoms in total. The first-order valence-corrected chi connectivity index (χ1v) is 5.07. The van der Waals surface area contributed by atoms with Gasteiger partial charge in [-0.1, -0.05) is 6.92 Å². The van der Waals surface area contributed by atoms with Crippen LogP contribution in [-0.4, -0.2) is 27.9 Å². The van der Waals surface area contributed by atoms with Crippen LogP contribution in [0.5, 0.6) is 0 Å². The number of aliphatic hydroxyl groups excluding tert-OH is 1. The molecule has 15 heavy (non-hydrogen) atoms. The van der Waals surface area contributed by atoms with E-state index in [2.05, 4.69) is 10.2 Å². The second-order valence-corrected chi connectivity index (χ2v) is 3.81. The maximum atomic E-state index is 11.5. The Bertz CT molecular complexity index is 386. The third-order valence-electron chi connectivity index (χ3n) is 2.73. The van der Waals surface area contributed by atoms with Crippen LogP contribution in [0, 0.1) is 5.92 Å². The van der Waals surface area contributed by atoms with E-state index in [1.165, 1.54) is 0 Å². The van der Waals surface area contributed by atoms with E-state index >= 15 is 0 Å². The topological polar surface area (TPSA) is 75.2 Å². The summed E-state index contributed by atoms with van der Waals surface area (Å²) in [6.07, 6.45) is 0.122. The summed E-state index contributed by atoms with van der Waals surface area (Å²) in [5.74, 6) is -0.293. The number of carbonyl (C=O) groups excluding carboxylic acids is 1.